The molecule has 0 N–H and O–H groups in total. The third-order valence-corrected chi connectivity index (χ3v) is 3.00. The lowest BCUT2D eigenvalue weighted by molar-refractivity contribution is 0.339. The summed E-state index contributed by atoms with van der Waals surface area (Å²) in [6.45, 7) is 0. The van der Waals surface area contributed by atoms with E-state index in [0.29, 0.717) is 0 Å². The summed E-state index contributed by atoms with van der Waals surface area (Å²) < 4.78 is 10.3. The lowest BCUT2D eigenvalue weighted by Gasteiger charge is -2.11. The first kappa shape index (κ1) is 9.66. The van der Waals surface area contributed by atoms with Gasteiger partial charge in [-0.1, -0.05) is 30.3 Å². The average molecular weight is 184 g/mol. The Bertz CT molecular complexity index is 209. The Morgan fingerprint density at radius 2 is 1.67 bits per heavy atom. The molecule has 0 bridgehead atoms. The van der Waals surface area contributed by atoms with Gasteiger partial charge in [-0.2, -0.15) is 0 Å². The summed E-state index contributed by atoms with van der Waals surface area (Å²) in [4.78, 5) is 0. The zero-order chi connectivity index (χ0) is 8.81. The Morgan fingerprint density at radius 3 is 2.17 bits per heavy atom. The number of hydrogen-bond donors (Lipinski definition) is 0. The molecule has 1 rings (SSSR count). The summed E-state index contributed by atoms with van der Waals surface area (Å²) in [7, 11) is 2.62. The van der Waals surface area contributed by atoms with Crippen LogP contribution in [0.3, 0.4) is 0 Å². The average Bonchev–Trinajstić information content (AvgIpc) is 2.16. The van der Waals surface area contributed by atoms with Crippen LogP contribution in [0.5, 0.6) is 0 Å². The van der Waals surface area contributed by atoms with Crippen LogP contribution in [-0.2, 0) is 15.2 Å². The monoisotopic (exact) mass is 184 g/mol. The predicted octanol–water partition coefficient (Wildman–Crippen LogP) is 2.79. The fraction of sp³-hybridized carbons (Fsp3) is 0.333. The molecule has 0 heterocycles. The highest BCUT2D eigenvalue weighted by atomic mass is 31.2. The highest BCUT2D eigenvalue weighted by molar-refractivity contribution is 7.46. The quantitative estimate of drug-likeness (QED) is 0.670. The molecule has 12 heavy (non-hydrogen) atoms. The summed E-state index contributed by atoms with van der Waals surface area (Å²) in [6, 6.07) is 10.2. The van der Waals surface area contributed by atoms with E-state index in [9.17, 15) is 0 Å². The van der Waals surface area contributed by atoms with Crippen molar-refractivity contribution in [1.29, 1.82) is 0 Å². The van der Waals surface area contributed by atoms with E-state index in [1.165, 1.54) is 5.56 Å². The Labute approximate surface area is 74.4 Å². The Hall–Kier alpha value is -0.430. The van der Waals surface area contributed by atoms with E-state index in [1.807, 2.05) is 18.2 Å². The van der Waals surface area contributed by atoms with Crippen molar-refractivity contribution in [2.45, 2.75) is 6.16 Å². The van der Waals surface area contributed by atoms with E-state index in [1.54, 1.807) is 14.2 Å². The maximum Gasteiger partial charge on any atom is 0.174 e. The van der Waals surface area contributed by atoms with Crippen molar-refractivity contribution in [3.8, 4) is 0 Å². The van der Waals surface area contributed by atoms with Crippen LogP contribution in [0.25, 0.3) is 0 Å². The Morgan fingerprint density at radius 1 is 1.08 bits per heavy atom. The van der Waals surface area contributed by atoms with Crippen molar-refractivity contribution in [2.24, 2.45) is 0 Å². The van der Waals surface area contributed by atoms with Crippen molar-refractivity contribution in [1.82, 2.24) is 0 Å². The first-order valence-electron chi connectivity index (χ1n) is 3.76. The molecule has 0 atom stereocenters. The van der Waals surface area contributed by atoms with E-state index in [2.05, 4.69) is 12.1 Å². The summed E-state index contributed by atoms with van der Waals surface area (Å²) in [5.74, 6) is 0. The van der Waals surface area contributed by atoms with Crippen LogP contribution in [0.1, 0.15) is 5.56 Å². The second kappa shape index (κ2) is 5.26. The molecule has 0 saturated heterocycles. The van der Waals surface area contributed by atoms with Crippen LogP contribution in [0.4, 0.5) is 0 Å². The molecule has 0 amide bonds. The van der Waals surface area contributed by atoms with Gasteiger partial charge in [0.15, 0.2) is 8.38 Å². The molecule has 0 aliphatic heterocycles. The molecule has 0 aliphatic carbocycles. The molecule has 1 aromatic rings. The van der Waals surface area contributed by atoms with E-state index < -0.39 is 8.38 Å². The number of benzene rings is 1. The summed E-state index contributed by atoms with van der Waals surface area (Å²) >= 11 is 0. The lowest BCUT2D eigenvalue weighted by Crippen LogP contribution is -1.87. The van der Waals surface area contributed by atoms with Crippen LogP contribution < -0.4 is 0 Å². The highest BCUT2D eigenvalue weighted by Crippen LogP contribution is 2.39. The minimum atomic E-state index is -0.733. The lowest BCUT2D eigenvalue weighted by atomic mass is 10.2. The molecular formula is C9H13O2P. The number of rotatable bonds is 4. The summed E-state index contributed by atoms with van der Waals surface area (Å²) in [5.41, 5.74) is 1.26. The van der Waals surface area contributed by atoms with Crippen molar-refractivity contribution < 1.29 is 9.05 Å². The van der Waals surface area contributed by atoms with Gasteiger partial charge in [0.05, 0.1) is 0 Å². The molecule has 0 saturated carbocycles. The first-order valence-corrected chi connectivity index (χ1v) is 5.12. The second-order valence-electron chi connectivity index (χ2n) is 2.34. The molecule has 0 fully saturated rings. The van der Waals surface area contributed by atoms with Gasteiger partial charge in [0.2, 0.25) is 0 Å². The topological polar surface area (TPSA) is 18.5 Å². The van der Waals surface area contributed by atoms with Crippen LogP contribution in [0.15, 0.2) is 30.3 Å². The normalized spacial score (nSPS) is 10.6. The SMILES string of the molecule is COP(Cc1ccccc1)OC. The van der Waals surface area contributed by atoms with Gasteiger partial charge in [0, 0.05) is 20.4 Å². The van der Waals surface area contributed by atoms with Crippen molar-refractivity contribution >= 4 is 8.38 Å². The number of hydrogen-bond acceptors (Lipinski definition) is 2. The van der Waals surface area contributed by atoms with Gasteiger partial charge in [-0.15, -0.1) is 0 Å². The van der Waals surface area contributed by atoms with Crippen LogP contribution >= 0.6 is 8.38 Å². The van der Waals surface area contributed by atoms with Crippen LogP contribution in [-0.4, -0.2) is 14.2 Å². The third kappa shape index (κ3) is 2.90. The standard InChI is InChI=1S/C9H13O2P/c1-10-12(11-2)8-9-6-4-3-5-7-9/h3-7H,8H2,1-2H3. The van der Waals surface area contributed by atoms with Gasteiger partial charge < -0.3 is 9.05 Å². The molecular weight excluding hydrogens is 171 g/mol. The Kier molecular flexibility index (Phi) is 4.23. The van der Waals surface area contributed by atoms with Gasteiger partial charge in [-0.25, -0.2) is 0 Å². The Balaban J connectivity index is 2.51. The van der Waals surface area contributed by atoms with E-state index in [-0.39, 0.29) is 0 Å². The fourth-order valence-electron chi connectivity index (χ4n) is 0.936. The summed E-state index contributed by atoms with van der Waals surface area (Å²) in [6.07, 6.45) is 0.864. The van der Waals surface area contributed by atoms with Crippen molar-refractivity contribution in [3.63, 3.8) is 0 Å². The van der Waals surface area contributed by atoms with Crippen molar-refractivity contribution in [2.75, 3.05) is 14.2 Å². The zero-order valence-corrected chi connectivity index (χ0v) is 8.25. The van der Waals surface area contributed by atoms with Gasteiger partial charge in [0.25, 0.3) is 0 Å². The molecule has 0 unspecified atom stereocenters. The maximum absolute atomic E-state index is 5.15. The zero-order valence-electron chi connectivity index (χ0n) is 7.36. The maximum atomic E-state index is 5.15. The molecule has 66 valence electrons. The van der Waals surface area contributed by atoms with Crippen LogP contribution in [0.2, 0.25) is 0 Å². The summed E-state index contributed by atoms with van der Waals surface area (Å²) in [5, 5.41) is 0. The molecule has 0 aromatic heterocycles. The van der Waals surface area contributed by atoms with Gasteiger partial charge in [-0.3, -0.25) is 0 Å². The molecule has 0 radical (unpaired) electrons. The molecule has 1 aromatic carbocycles. The van der Waals surface area contributed by atoms with Crippen molar-refractivity contribution in [3.05, 3.63) is 35.9 Å². The minimum Gasteiger partial charge on any atom is -0.337 e. The van der Waals surface area contributed by atoms with Gasteiger partial charge in [-0.05, 0) is 5.56 Å². The molecule has 0 aliphatic rings. The molecule has 2 nitrogen and oxygen atoms in total. The molecule has 0 spiro atoms. The smallest absolute Gasteiger partial charge is 0.174 e. The third-order valence-electron chi connectivity index (χ3n) is 1.56. The van der Waals surface area contributed by atoms with Gasteiger partial charge in [0.1, 0.15) is 0 Å². The van der Waals surface area contributed by atoms with Crippen LogP contribution in [0, 0.1) is 0 Å². The minimum absolute atomic E-state index is 0.733. The van der Waals surface area contributed by atoms with Gasteiger partial charge >= 0.3 is 0 Å². The molecule has 3 heteroatoms. The second-order valence-corrected chi connectivity index (χ2v) is 4.05. The fourth-order valence-corrected chi connectivity index (χ4v) is 1.85. The first-order chi connectivity index (χ1) is 5.86. The largest absolute Gasteiger partial charge is 0.337 e. The van der Waals surface area contributed by atoms with E-state index in [4.69, 9.17) is 9.05 Å². The predicted molar refractivity (Wildman–Crippen MR) is 51.1 cm³/mol. The van der Waals surface area contributed by atoms with E-state index >= 15 is 0 Å². The van der Waals surface area contributed by atoms with E-state index in [0.717, 1.165) is 6.16 Å². The highest BCUT2D eigenvalue weighted by Gasteiger charge is 2.05.